The molecule has 1 amide bonds. The van der Waals surface area contributed by atoms with E-state index in [9.17, 15) is 4.79 Å². The molecule has 3 aliphatic rings. The number of halogens is 1. The number of benzene rings is 2. The number of nitrogens with zero attached hydrogens (tertiary/aromatic N) is 4. The van der Waals surface area contributed by atoms with E-state index in [1.54, 1.807) is 12.3 Å². The zero-order valence-electron chi connectivity index (χ0n) is 17.7. The minimum Gasteiger partial charge on any atom is -0.342 e. The van der Waals surface area contributed by atoms with Gasteiger partial charge in [0, 0.05) is 42.9 Å². The fourth-order valence-electron chi connectivity index (χ4n) is 4.61. The van der Waals surface area contributed by atoms with Crippen LogP contribution in [0.3, 0.4) is 0 Å². The summed E-state index contributed by atoms with van der Waals surface area (Å²) in [5.41, 5.74) is 6.15. The van der Waals surface area contributed by atoms with Crippen molar-refractivity contribution in [3.63, 3.8) is 0 Å². The van der Waals surface area contributed by atoms with E-state index >= 15 is 4.39 Å². The lowest BCUT2D eigenvalue weighted by atomic mass is 9.94. The molecule has 1 saturated heterocycles. The Hall–Kier alpha value is -3.48. The average Bonchev–Trinajstić information content (AvgIpc) is 3.54. The second-order valence-electron chi connectivity index (χ2n) is 8.94. The Bertz CT molecular complexity index is 1230. The van der Waals surface area contributed by atoms with Crippen LogP contribution in [0.15, 0.2) is 59.8 Å². The molecule has 32 heavy (non-hydrogen) atoms. The highest BCUT2D eigenvalue weighted by Gasteiger charge is 2.40. The molecule has 1 saturated carbocycles. The summed E-state index contributed by atoms with van der Waals surface area (Å²) < 4.78 is 15.2. The maximum atomic E-state index is 15.2. The number of hydrogen-bond acceptors (Lipinski definition) is 5. The highest BCUT2D eigenvalue weighted by molar-refractivity contribution is 5.99. The van der Waals surface area contributed by atoms with Gasteiger partial charge in [0.25, 0.3) is 0 Å². The number of pyridine rings is 1. The number of hydrazone groups is 1. The van der Waals surface area contributed by atoms with Gasteiger partial charge in [-0.05, 0) is 48.2 Å². The summed E-state index contributed by atoms with van der Waals surface area (Å²) in [6, 6.07) is 15.3. The molecule has 0 bridgehead atoms. The topological polar surface area (TPSA) is 60.8 Å². The van der Waals surface area contributed by atoms with Gasteiger partial charge in [0.2, 0.25) is 5.91 Å². The van der Waals surface area contributed by atoms with Crippen molar-refractivity contribution in [3.05, 3.63) is 60.5 Å². The number of likely N-dealkylation sites (tertiary alicyclic amines) is 1. The van der Waals surface area contributed by atoms with Crippen molar-refractivity contribution in [1.82, 2.24) is 15.3 Å². The van der Waals surface area contributed by atoms with E-state index in [2.05, 4.69) is 15.5 Å². The first-order valence-electron chi connectivity index (χ1n) is 11.2. The van der Waals surface area contributed by atoms with E-state index in [0.29, 0.717) is 24.2 Å². The lowest BCUT2D eigenvalue weighted by Gasteiger charge is -2.40. The second kappa shape index (κ2) is 7.58. The van der Waals surface area contributed by atoms with Crippen LogP contribution >= 0.6 is 0 Å². The van der Waals surface area contributed by atoms with Crippen molar-refractivity contribution in [2.75, 3.05) is 24.7 Å². The molecule has 7 heteroatoms. The normalized spacial score (nSPS) is 18.5. The van der Waals surface area contributed by atoms with Gasteiger partial charge in [0.05, 0.1) is 11.2 Å². The third-order valence-corrected chi connectivity index (χ3v) is 6.59. The molecule has 2 aliphatic heterocycles. The Morgan fingerprint density at radius 3 is 2.72 bits per heavy atom. The van der Waals surface area contributed by atoms with Crippen molar-refractivity contribution in [1.29, 1.82) is 0 Å². The molecule has 0 atom stereocenters. The highest BCUT2D eigenvalue weighted by Crippen LogP contribution is 2.35. The first kappa shape index (κ1) is 19.2. The van der Waals surface area contributed by atoms with Gasteiger partial charge in [-0.15, -0.1) is 0 Å². The third-order valence-electron chi connectivity index (χ3n) is 6.59. The van der Waals surface area contributed by atoms with Crippen LogP contribution in [0.4, 0.5) is 10.1 Å². The zero-order chi connectivity index (χ0) is 21.7. The number of aromatic nitrogens is 1. The van der Waals surface area contributed by atoms with E-state index < -0.39 is 0 Å². The van der Waals surface area contributed by atoms with Crippen molar-refractivity contribution in [3.8, 4) is 11.1 Å². The summed E-state index contributed by atoms with van der Waals surface area (Å²) in [4.78, 5) is 20.4. The van der Waals surface area contributed by atoms with Crippen LogP contribution in [-0.2, 0) is 4.79 Å². The quantitative estimate of drug-likeness (QED) is 0.667. The SMILES string of the molecule is O=C(C1CC1)N1CC(CC2=NNCN2c2ccc(-c3ccc4cccnc4c3)cc2F)C1. The Kier molecular flexibility index (Phi) is 4.56. The van der Waals surface area contributed by atoms with Gasteiger partial charge in [-0.1, -0.05) is 24.3 Å². The van der Waals surface area contributed by atoms with Crippen LogP contribution in [0.25, 0.3) is 22.0 Å². The number of amides is 1. The Morgan fingerprint density at radius 2 is 1.91 bits per heavy atom. The molecular weight excluding hydrogens is 405 g/mol. The lowest BCUT2D eigenvalue weighted by Crippen LogP contribution is -2.52. The molecular formula is C25H24FN5O. The zero-order valence-corrected chi connectivity index (χ0v) is 17.7. The third kappa shape index (κ3) is 3.47. The fraction of sp³-hybridized carbons (Fsp3) is 0.320. The maximum absolute atomic E-state index is 15.2. The monoisotopic (exact) mass is 429 g/mol. The first-order chi connectivity index (χ1) is 15.7. The number of hydrogen-bond donors (Lipinski definition) is 1. The van der Waals surface area contributed by atoms with E-state index in [0.717, 1.165) is 60.2 Å². The van der Waals surface area contributed by atoms with Gasteiger partial charge in [-0.25, -0.2) is 4.39 Å². The van der Waals surface area contributed by atoms with Gasteiger partial charge in [0.1, 0.15) is 18.3 Å². The van der Waals surface area contributed by atoms with Crippen LogP contribution in [0.1, 0.15) is 19.3 Å². The first-order valence-corrected chi connectivity index (χ1v) is 11.2. The molecule has 1 aliphatic carbocycles. The molecule has 1 N–H and O–H groups in total. The summed E-state index contributed by atoms with van der Waals surface area (Å²) in [7, 11) is 0. The van der Waals surface area contributed by atoms with Gasteiger partial charge in [0.15, 0.2) is 0 Å². The number of nitrogens with one attached hydrogen (secondary N) is 1. The molecule has 162 valence electrons. The van der Waals surface area contributed by atoms with E-state index in [4.69, 9.17) is 0 Å². The smallest absolute Gasteiger partial charge is 0.225 e. The van der Waals surface area contributed by atoms with E-state index in [1.165, 1.54) is 0 Å². The van der Waals surface area contributed by atoms with Crippen LogP contribution < -0.4 is 10.3 Å². The van der Waals surface area contributed by atoms with Crippen LogP contribution in [0, 0.1) is 17.7 Å². The molecule has 2 aromatic carbocycles. The minimum atomic E-state index is -0.279. The lowest BCUT2D eigenvalue weighted by molar-refractivity contribution is -0.138. The summed E-state index contributed by atoms with van der Waals surface area (Å²) in [6.07, 6.45) is 4.57. The standard InChI is InChI=1S/C25H24FN5O/c26-21-11-19(20-6-3-17-2-1-9-27-22(17)12-20)7-8-23(21)31-15-28-29-24(31)10-16-13-30(14-16)25(32)18-4-5-18/h1-3,6-9,11-12,16,18,28H,4-5,10,13-15H2. The van der Waals surface area contributed by atoms with Crippen LogP contribution in [-0.4, -0.2) is 41.4 Å². The fourth-order valence-corrected chi connectivity index (χ4v) is 4.61. The number of fused-ring (bicyclic) bond motifs is 1. The molecule has 3 aromatic rings. The molecule has 6 rings (SSSR count). The molecule has 0 unspecified atom stereocenters. The van der Waals surface area contributed by atoms with Crippen molar-refractivity contribution < 1.29 is 9.18 Å². The van der Waals surface area contributed by atoms with E-state index in [-0.39, 0.29) is 11.7 Å². The maximum Gasteiger partial charge on any atom is 0.225 e. The Balaban J connectivity index is 1.17. The van der Waals surface area contributed by atoms with Gasteiger partial charge in [-0.2, -0.15) is 5.10 Å². The summed E-state index contributed by atoms with van der Waals surface area (Å²) in [6.45, 7) is 2.00. The van der Waals surface area contributed by atoms with Gasteiger partial charge < -0.3 is 9.80 Å². The van der Waals surface area contributed by atoms with Gasteiger partial charge >= 0.3 is 0 Å². The predicted molar refractivity (Wildman–Crippen MR) is 122 cm³/mol. The number of amidine groups is 1. The van der Waals surface area contributed by atoms with E-state index in [1.807, 2.05) is 52.3 Å². The molecule has 0 radical (unpaired) electrons. The summed E-state index contributed by atoms with van der Waals surface area (Å²) >= 11 is 0. The molecule has 3 heterocycles. The van der Waals surface area contributed by atoms with Crippen molar-refractivity contribution >= 4 is 28.3 Å². The molecule has 0 spiro atoms. The highest BCUT2D eigenvalue weighted by atomic mass is 19.1. The number of carbonyl (C=O) groups is 1. The predicted octanol–water partition coefficient (Wildman–Crippen LogP) is 3.98. The molecule has 6 nitrogen and oxygen atoms in total. The number of rotatable bonds is 5. The Morgan fingerprint density at radius 1 is 1.09 bits per heavy atom. The second-order valence-corrected chi connectivity index (χ2v) is 8.94. The number of anilines is 1. The van der Waals surface area contributed by atoms with Crippen LogP contribution in [0.2, 0.25) is 0 Å². The van der Waals surface area contributed by atoms with Crippen molar-refractivity contribution in [2.45, 2.75) is 19.3 Å². The molecule has 1 aromatic heterocycles. The Labute approximate surface area is 185 Å². The summed E-state index contributed by atoms with van der Waals surface area (Å²) in [5, 5.41) is 5.46. The molecule has 2 fully saturated rings. The average molecular weight is 429 g/mol. The largest absolute Gasteiger partial charge is 0.342 e. The van der Waals surface area contributed by atoms with Crippen LogP contribution in [0.5, 0.6) is 0 Å². The summed E-state index contributed by atoms with van der Waals surface area (Å²) in [5.74, 6) is 1.50. The minimum absolute atomic E-state index is 0.268. The van der Waals surface area contributed by atoms with Gasteiger partial charge in [-0.3, -0.25) is 15.2 Å². The number of carbonyl (C=O) groups excluding carboxylic acids is 1. The van der Waals surface area contributed by atoms with Crippen molar-refractivity contribution in [2.24, 2.45) is 16.9 Å².